The number of halogens is 2. The summed E-state index contributed by atoms with van der Waals surface area (Å²) in [6.45, 7) is 4.78. The fraction of sp³-hybridized carbons (Fsp3) is 0.692. The van der Waals surface area contributed by atoms with Gasteiger partial charge < -0.3 is 0 Å². The van der Waals surface area contributed by atoms with Gasteiger partial charge >= 0.3 is 107 Å². The first-order valence-electron chi connectivity index (χ1n) is 6.64. The summed E-state index contributed by atoms with van der Waals surface area (Å²) in [5.74, 6) is 0. The average molecular weight is 391 g/mol. The van der Waals surface area contributed by atoms with E-state index in [1.807, 2.05) is 10.4 Å². The Morgan fingerprint density at radius 3 is 2.22 bits per heavy atom. The van der Waals surface area contributed by atoms with Gasteiger partial charge in [0.05, 0.1) is 0 Å². The first-order valence-corrected chi connectivity index (χ1v) is 18.3. The summed E-state index contributed by atoms with van der Waals surface area (Å²) in [4.78, 5) is 0. The van der Waals surface area contributed by atoms with E-state index in [1.54, 1.807) is 8.26 Å². The standard InChI is InChI=1S/C5H5.2C3H7.C2H7OSi.2ClH.Zr/c1-2-4-5-3-1;2*1-3-2;1-3-2-4;;;/h1-3H,4H2;2*1,3H2,2H3;2,4H2,1H3;2*1H;. The van der Waals surface area contributed by atoms with Gasteiger partial charge in [0, 0.05) is 0 Å². The molecule has 0 spiro atoms. The molecule has 108 valence electrons. The van der Waals surface area contributed by atoms with Crippen LogP contribution in [-0.2, 0) is 24.2 Å². The van der Waals surface area contributed by atoms with Crippen LogP contribution < -0.4 is 0 Å². The van der Waals surface area contributed by atoms with E-state index < -0.39 is 19.4 Å². The predicted molar refractivity (Wildman–Crippen MR) is 87.0 cm³/mol. The maximum Gasteiger partial charge on any atom is -0.147 e. The number of methoxy groups -OCH3 is 1. The van der Waals surface area contributed by atoms with Gasteiger partial charge in [0.2, 0.25) is 0 Å². The van der Waals surface area contributed by atoms with Crippen LogP contribution in [0.1, 0.15) is 33.1 Å². The zero-order valence-corrected chi connectivity index (χ0v) is 17.4. The van der Waals surface area contributed by atoms with E-state index in [0.29, 0.717) is 0 Å². The summed E-state index contributed by atoms with van der Waals surface area (Å²) in [7, 11) is 1.88. The Labute approximate surface area is 131 Å². The van der Waals surface area contributed by atoms with Gasteiger partial charge in [-0.3, -0.25) is 0 Å². The molecule has 0 fully saturated rings. The molecule has 1 aliphatic carbocycles. The Morgan fingerprint density at radius 2 is 1.83 bits per heavy atom. The minimum absolute atomic E-state index is 0. The number of rotatable bonds is 8. The van der Waals surface area contributed by atoms with Gasteiger partial charge in [-0.2, -0.15) is 0 Å². The van der Waals surface area contributed by atoms with E-state index in [0.717, 1.165) is 6.23 Å². The molecule has 18 heavy (non-hydrogen) atoms. The van der Waals surface area contributed by atoms with Crippen LogP contribution in [-0.4, -0.2) is 20.0 Å². The molecule has 5 heteroatoms. The minimum atomic E-state index is -1.90. The molecule has 0 unspecified atom stereocenters. The van der Waals surface area contributed by atoms with Crippen LogP contribution in [0.4, 0.5) is 0 Å². The summed E-state index contributed by atoms with van der Waals surface area (Å²) in [5, 5.41) is 0. The predicted octanol–water partition coefficient (Wildman–Crippen LogP) is 4.17. The van der Waals surface area contributed by atoms with Gasteiger partial charge in [-0.25, -0.2) is 0 Å². The monoisotopic (exact) mass is 388 g/mol. The molecule has 0 atom stereocenters. The third-order valence-electron chi connectivity index (χ3n) is 3.69. The molecule has 0 N–H and O–H groups in total. The minimum Gasteiger partial charge on any atom is -0.147 e. The van der Waals surface area contributed by atoms with Crippen LogP contribution in [0.25, 0.3) is 0 Å². The maximum absolute atomic E-state index is 5.42. The maximum atomic E-state index is 5.42. The number of hydrogen-bond donors (Lipinski definition) is 0. The second-order valence-electron chi connectivity index (χ2n) is 4.85. The fourth-order valence-corrected chi connectivity index (χ4v) is 29.9. The summed E-state index contributed by atoms with van der Waals surface area (Å²) < 4.78 is 10.5. The first kappa shape index (κ1) is 21.4. The molecule has 0 saturated carbocycles. The second-order valence-corrected chi connectivity index (χ2v) is 27.8. The van der Waals surface area contributed by atoms with Crippen molar-refractivity contribution in [1.82, 2.24) is 0 Å². The zero-order valence-electron chi connectivity index (χ0n) is 11.9. The largest absolute Gasteiger partial charge is 0.147 e. The SMILES string of the molecule is CC[CH2][Zr]([CH2]CC)([SiH2]COC)[C]1=CC=CC1.Cl.Cl. The first-order chi connectivity index (χ1) is 7.79. The summed E-state index contributed by atoms with van der Waals surface area (Å²) in [6, 6.07) is 0. The van der Waals surface area contributed by atoms with E-state index in [9.17, 15) is 0 Å². The van der Waals surface area contributed by atoms with E-state index in [2.05, 4.69) is 32.1 Å². The number of hydrogen-bond acceptors (Lipinski definition) is 1. The van der Waals surface area contributed by atoms with Crippen LogP contribution in [0.15, 0.2) is 21.5 Å². The van der Waals surface area contributed by atoms with Crippen LogP contribution in [0.2, 0.25) is 8.26 Å². The van der Waals surface area contributed by atoms with Crippen molar-refractivity contribution in [2.75, 3.05) is 13.3 Å². The summed E-state index contributed by atoms with van der Waals surface area (Å²) >= 11 is -1.90. The average Bonchev–Trinajstić information content (AvgIpc) is 2.80. The molecule has 1 rings (SSSR count). The Kier molecular flexibility index (Phi) is 14.2. The Balaban J connectivity index is 0. The Morgan fingerprint density at radius 1 is 1.22 bits per heavy atom. The topological polar surface area (TPSA) is 9.23 Å². The quantitative estimate of drug-likeness (QED) is 0.565. The van der Waals surface area contributed by atoms with Crippen molar-refractivity contribution in [3.63, 3.8) is 0 Å². The van der Waals surface area contributed by atoms with Gasteiger partial charge in [0.25, 0.3) is 0 Å². The second kappa shape index (κ2) is 11.9. The van der Waals surface area contributed by atoms with E-state index >= 15 is 0 Å². The summed E-state index contributed by atoms with van der Waals surface area (Å²) in [5.41, 5.74) is 0. The molecule has 1 nitrogen and oxygen atoms in total. The van der Waals surface area contributed by atoms with Crippen molar-refractivity contribution >= 4 is 31.5 Å². The molecule has 0 aliphatic heterocycles. The van der Waals surface area contributed by atoms with Crippen molar-refractivity contribution in [1.29, 1.82) is 0 Å². The summed E-state index contributed by atoms with van der Waals surface area (Å²) in [6.07, 6.45) is 12.3. The van der Waals surface area contributed by atoms with E-state index in [4.69, 9.17) is 4.74 Å². The van der Waals surface area contributed by atoms with Crippen molar-refractivity contribution < 1.29 is 24.2 Å². The molecule has 0 heterocycles. The van der Waals surface area contributed by atoms with Gasteiger partial charge in [-0.1, -0.05) is 0 Å². The van der Waals surface area contributed by atoms with E-state index in [1.165, 1.54) is 19.3 Å². The molecule has 0 saturated heterocycles. The molecule has 0 bridgehead atoms. The van der Waals surface area contributed by atoms with Gasteiger partial charge in [0.1, 0.15) is 0 Å². The molecule has 0 aromatic rings. The van der Waals surface area contributed by atoms with Crippen LogP contribution in [0.5, 0.6) is 0 Å². The van der Waals surface area contributed by atoms with Crippen molar-refractivity contribution in [3.8, 4) is 0 Å². The molecular formula is C13H28Cl2OSiZr. The van der Waals surface area contributed by atoms with Crippen LogP contribution in [0.3, 0.4) is 0 Å². The van der Waals surface area contributed by atoms with Crippen molar-refractivity contribution in [2.24, 2.45) is 0 Å². The Bertz CT molecular complexity index is 264. The molecule has 1 aliphatic rings. The van der Waals surface area contributed by atoms with Gasteiger partial charge in [0.15, 0.2) is 0 Å². The van der Waals surface area contributed by atoms with E-state index in [-0.39, 0.29) is 31.5 Å². The fourth-order valence-electron chi connectivity index (χ4n) is 2.95. The molecule has 0 aromatic heterocycles. The van der Waals surface area contributed by atoms with Crippen molar-refractivity contribution in [3.05, 3.63) is 21.5 Å². The van der Waals surface area contributed by atoms with Crippen LogP contribution >= 0.6 is 24.8 Å². The van der Waals surface area contributed by atoms with Gasteiger partial charge in [-0.05, 0) is 0 Å². The number of ether oxygens (including phenoxy) is 1. The van der Waals surface area contributed by atoms with Crippen molar-refractivity contribution in [2.45, 2.75) is 41.4 Å². The molecule has 0 radical (unpaired) electrons. The molecule has 0 aromatic carbocycles. The van der Waals surface area contributed by atoms with Crippen LogP contribution in [0, 0.1) is 0 Å². The number of allylic oxidation sites excluding steroid dienone is 4. The normalized spacial score (nSPS) is 14.5. The molecular weight excluding hydrogens is 362 g/mol. The molecule has 0 amide bonds. The zero-order chi connectivity index (χ0) is 11.9. The van der Waals surface area contributed by atoms with Gasteiger partial charge in [-0.15, -0.1) is 24.8 Å². The Hall–Kier alpha value is 1.12. The smallest absolute Gasteiger partial charge is 0.147 e. The third kappa shape index (κ3) is 6.05. The third-order valence-corrected chi connectivity index (χ3v) is 32.1.